The van der Waals surface area contributed by atoms with Gasteiger partial charge in [0.15, 0.2) is 5.17 Å². The molecule has 1 N–H and O–H groups in total. The molecule has 1 aliphatic heterocycles. The number of esters is 2. The molecular formula is C19H24N2O6S. The number of amidine groups is 1. The van der Waals surface area contributed by atoms with E-state index < -0.39 is 12.0 Å². The highest BCUT2D eigenvalue weighted by Gasteiger charge is 2.32. The lowest BCUT2D eigenvalue weighted by Crippen LogP contribution is -2.31. The molecule has 1 aromatic rings. The fourth-order valence-electron chi connectivity index (χ4n) is 2.65. The molecule has 0 aromatic heterocycles. The van der Waals surface area contributed by atoms with Crippen LogP contribution in [0, 0.1) is 0 Å². The van der Waals surface area contributed by atoms with E-state index in [1.807, 2.05) is 0 Å². The first-order chi connectivity index (χ1) is 13.4. The van der Waals surface area contributed by atoms with Crippen LogP contribution < -0.4 is 14.8 Å². The van der Waals surface area contributed by atoms with Gasteiger partial charge in [0.1, 0.15) is 17.5 Å². The Bertz CT molecular complexity index is 806. The van der Waals surface area contributed by atoms with Crippen LogP contribution in [0.2, 0.25) is 0 Å². The van der Waals surface area contributed by atoms with Gasteiger partial charge < -0.3 is 24.3 Å². The number of carbonyl (C=O) groups is 2. The number of hydrogen-bond donors (Lipinski definition) is 1. The van der Waals surface area contributed by atoms with Gasteiger partial charge in [-0.2, -0.15) is 0 Å². The quantitative estimate of drug-likeness (QED) is 0.688. The standard InChI is InChI=1S/C19H24N2O6S/c1-6-27-18(23)16-11(2)20-19(28-10-15(22)26-5)21-17(16)13-8-7-12(24-3)9-14(13)25-4/h7-9,17H,6,10H2,1-5H3,(H,20,21)/t17-/m1/s1. The Kier molecular flexibility index (Phi) is 7.74. The number of benzene rings is 1. The van der Waals surface area contributed by atoms with Gasteiger partial charge in [0, 0.05) is 17.3 Å². The first kappa shape index (κ1) is 21.6. The number of aliphatic imine (C=N–C) groups is 1. The van der Waals surface area contributed by atoms with Gasteiger partial charge in [-0.25, -0.2) is 9.79 Å². The molecule has 8 nitrogen and oxygen atoms in total. The average molecular weight is 408 g/mol. The maximum Gasteiger partial charge on any atom is 0.338 e. The first-order valence-electron chi connectivity index (χ1n) is 8.59. The van der Waals surface area contributed by atoms with Crippen molar-refractivity contribution in [1.29, 1.82) is 0 Å². The van der Waals surface area contributed by atoms with E-state index in [0.29, 0.717) is 33.5 Å². The van der Waals surface area contributed by atoms with E-state index in [2.05, 4.69) is 15.0 Å². The Balaban J connectivity index is 2.48. The fourth-order valence-corrected chi connectivity index (χ4v) is 3.43. The maximum atomic E-state index is 12.6. The number of hydrogen-bond acceptors (Lipinski definition) is 9. The Morgan fingerprint density at radius 1 is 1.21 bits per heavy atom. The molecule has 0 spiro atoms. The van der Waals surface area contributed by atoms with Crippen LogP contribution in [0.3, 0.4) is 0 Å². The van der Waals surface area contributed by atoms with Crippen LogP contribution in [-0.4, -0.2) is 50.8 Å². The van der Waals surface area contributed by atoms with Crippen LogP contribution in [0.1, 0.15) is 25.5 Å². The lowest BCUT2D eigenvalue weighted by Gasteiger charge is -2.26. The van der Waals surface area contributed by atoms with Crippen molar-refractivity contribution in [1.82, 2.24) is 5.32 Å². The third-order valence-corrected chi connectivity index (χ3v) is 4.86. The fraction of sp³-hybridized carbons (Fsp3) is 0.421. The number of rotatable bonds is 7. The number of nitrogens with zero attached hydrogens (tertiary/aromatic N) is 1. The van der Waals surface area contributed by atoms with Gasteiger partial charge in [0.05, 0.1) is 39.3 Å². The minimum Gasteiger partial charge on any atom is -0.497 e. The van der Waals surface area contributed by atoms with Crippen molar-refractivity contribution in [3.63, 3.8) is 0 Å². The number of carbonyl (C=O) groups excluding carboxylic acids is 2. The monoisotopic (exact) mass is 408 g/mol. The summed E-state index contributed by atoms with van der Waals surface area (Å²) in [5, 5.41) is 3.56. The molecule has 9 heteroatoms. The summed E-state index contributed by atoms with van der Waals surface area (Å²) in [4.78, 5) is 28.7. The molecule has 1 aromatic carbocycles. The van der Waals surface area contributed by atoms with Gasteiger partial charge in [-0.1, -0.05) is 11.8 Å². The summed E-state index contributed by atoms with van der Waals surface area (Å²) in [6, 6.07) is 4.65. The van der Waals surface area contributed by atoms with Gasteiger partial charge >= 0.3 is 11.9 Å². The topological polar surface area (TPSA) is 95.5 Å². The zero-order chi connectivity index (χ0) is 20.7. The Morgan fingerprint density at radius 2 is 1.96 bits per heavy atom. The summed E-state index contributed by atoms with van der Waals surface area (Å²) in [7, 11) is 4.43. The minimum absolute atomic E-state index is 0.0941. The molecule has 1 heterocycles. The van der Waals surface area contributed by atoms with E-state index in [1.54, 1.807) is 39.2 Å². The summed E-state index contributed by atoms with van der Waals surface area (Å²) in [5.74, 6) is 0.415. The largest absolute Gasteiger partial charge is 0.497 e. The molecule has 1 atom stereocenters. The molecular weight excluding hydrogens is 384 g/mol. The SMILES string of the molecule is CCOC(=O)C1=C(C)NC(SCC(=O)OC)=N[C@@H]1c1ccc(OC)cc1OC. The molecule has 0 unspecified atom stereocenters. The zero-order valence-electron chi connectivity index (χ0n) is 16.5. The van der Waals surface area contributed by atoms with Gasteiger partial charge in [0.2, 0.25) is 0 Å². The number of ether oxygens (including phenoxy) is 4. The Morgan fingerprint density at radius 3 is 2.57 bits per heavy atom. The average Bonchev–Trinajstić information content (AvgIpc) is 2.70. The normalized spacial score (nSPS) is 16.0. The number of allylic oxidation sites excluding steroid dienone is 1. The van der Waals surface area contributed by atoms with Crippen LogP contribution in [-0.2, 0) is 19.1 Å². The maximum absolute atomic E-state index is 12.6. The summed E-state index contributed by atoms with van der Waals surface area (Å²) in [6.07, 6.45) is 0. The van der Waals surface area contributed by atoms with Crippen LogP contribution in [0.15, 0.2) is 34.5 Å². The van der Waals surface area contributed by atoms with Crippen LogP contribution in [0.5, 0.6) is 11.5 Å². The highest BCUT2D eigenvalue weighted by Crippen LogP contribution is 2.39. The predicted octanol–water partition coefficient (Wildman–Crippen LogP) is 2.45. The highest BCUT2D eigenvalue weighted by molar-refractivity contribution is 8.14. The van der Waals surface area contributed by atoms with E-state index in [4.69, 9.17) is 14.2 Å². The molecule has 152 valence electrons. The lowest BCUT2D eigenvalue weighted by atomic mass is 9.95. The van der Waals surface area contributed by atoms with E-state index in [9.17, 15) is 9.59 Å². The Labute approximate surface area is 168 Å². The molecule has 0 bridgehead atoms. The zero-order valence-corrected chi connectivity index (χ0v) is 17.3. The molecule has 0 radical (unpaired) electrons. The number of methoxy groups -OCH3 is 3. The molecule has 0 aliphatic carbocycles. The molecule has 28 heavy (non-hydrogen) atoms. The first-order valence-corrected chi connectivity index (χ1v) is 9.57. The number of nitrogens with one attached hydrogen (secondary N) is 1. The van der Waals surface area contributed by atoms with Crippen molar-refractivity contribution in [3.05, 3.63) is 35.0 Å². The third-order valence-electron chi connectivity index (χ3n) is 4.00. The summed E-state index contributed by atoms with van der Waals surface area (Å²) in [5.41, 5.74) is 1.67. The molecule has 0 amide bonds. The van der Waals surface area contributed by atoms with Crippen molar-refractivity contribution < 1.29 is 28.5 Å². The van der Waals surface area contributed by atoms with E-state index >= 15 is 0 Å². The minimum atomic E-state index is -0.652. The van der Waals surface area contributed by atoms with Gasteiger partial charge in [-0.15, -0.1) is 0 Å². The van der Waals surface area contributed by atoms with Gasteiger partial charge in [-0.05, 0) is 26.0 Å². The van der Waals surface area contributed by atoms with Crippen LogP contribution in [0.25, 0.3) is 0 Å². The van der Waals surface area contributed by atoms with Crippen molar-refractivity contribution in [2.45, 2.75) is 19.9 Å². The molecule has 0 fully saturated rings. The van der Waals surface area contributed by atoms with Crippen LogP contribution in [0.4, 0.5) is 0 Å². The van der Waals surface area contributed by atoms with Crippen molar-refractivity contribution in [3.8, 4) is 11.5 Å². The van der Waals surface area contributed by atoms with E-state index in [0.717, 1.165) is 0 Å². The van der Waals surface area contributed by atoms with Crippen LogP contribution >= 0.6 is 11.8 Å². The van der Waals surface area contributed by atoms with E-state index in [-0.39, 0.29) is 18.3 Å². The smallest absolute Gasteiger partial charge is 0.338 e. The second kappa shape index (κ2) is 10.0. The van der Waals surface area contributed by atoms with Gasteiger partial charge in [-0.3, -0.25) is 4.79 Å². The second-order valence-corrected chi connectivity index (χ2v) is 6.66. The molecule has 0 saturated heterocycles. The summed E-state index contributed by atoms with van der Waals surface area (Å²) in [6.45, 7) is 3.76. The summed E-state index contributed by atoms with van der Waals surface area (Å²) >= 11 is 1.19. The van der Waals surface area contributed by atoms with Crippen molar-refractivity contribution in [2.75, 3.05) is 33.7 Å². The molecule has 0 saturated carbocycles. The number of thioether (sulfide) groups is 1. The molecule has 1 aliphatic rings. The third kappa shape index (κ3) is 4.98. The molecule has 2 rings (SSSR count). The predicted molar refractivity (Wildman–Crippen MR) is 107 cm³/mol. The Hall–Kier alpha value is -2.68. The summed E-state index contributed by atoms with van der Waals surface area (Å²) < 4.78 is 20.6. The second-order valence-electron chi connectivity index (χ2n) is 5.69. The van der Waals surface area contributed by atoms with Crippen molar-refractivity contribution >= 4 is 28.9 Å². The van der Waals surface area contributed by atoms with Gasteiger partial charge in [0.25, 0.3) is 0 Å². The van der Waals surface area contributed by atoms with Crippen molar-refractivity contribution in [2.24, 2.45) is 4.99 Å². The van der Waals surface area contributed by atoms with E-state index in [1.165, 1.54) is 26.0 Å². The lowest BCUT2D eigenvalue weighted by molar-refractivity contribution is -0.139. The highest BCUT2D eigenvalue weighted by atomic mass is 32.2.